The second kappa shape index (κ2) is 10.4. The van der Waals surface area contributed by atoms with Crippen LogP contribution in [0.5, 0.6) is 11.5 Å². The van der Waals surface area contributed by atoms with Crippen LogP contribution in [0.3, 0.4) is 0 Å². The fourth-order valence-corrected chi connectivity index (χ4v) is 5.21. The van der Waals surface area contributed by atoms with Gasteiger partial charge in [-0.05, 0) is 62.2 Å². The predicted molar refractivity (Wildman–Crippen MR) is 138 cm³/mol. The number of esters is 1. The lowest BCUT2D eigenvalue weighted by Crippen LogP contribution is -2.29. The molecule has 1 unspecified atom stereocenters. The molecule has 1 atom stereocenters. The minimum atomic E-state index is -0.992. The quantitative estimate of drug-likeness (QED) is 0.208. The van der Waals surface area contributed by atoms with E-state index in [0.717, 1.165) is 11.3 Å². The van der Waals surface area contributed by atoms with E-state index in [0.29, 0.717) is 40.5 Å². The molecule has 1 aromatic heterocycles. The Bertz CT molecular complexity index is 1410. The van der Waals surface area contributed by atoms with Crippen molar-refractivity contribution in [2.24, 2.45) is 0 Å². The number of anilines is 1. The number of aryl methyl sites for hydroxylation is 2. The first kappa shape index (κ1) is 25.9. The van der Waals surface area contributed by atoms with Gasteiger partial charge in [0.05, 0.1) is 38.1 Å². The first-order valence-corrected chi connectivity index (χ1v) is 12.3. The predicted octanol–water partition coefficient (Wildman–Crippen LogP) is 4.58. The maximum absolute atomic E-state index is 13.4. The number of ketones is 1. The van der Waals surface area contributed by atoms with Crippen LogP contribution in [0.1, 0.15) is 45.0 Å². The summed E-state index contributed by atoms with van der Waals surface area (Å²) in [4.78, 5) is 44.8. The molecular formula is C27H26N2O7S. The number of aliphatic hydroxyl groups excluding tert-OH is 1. The summed E-state index contributed by atoms with van der Waals surface area (Å²) in [5, 5.41) is 11.5. The lowest BCUT2D eigenvalue weighted by molar-refractivity contribution is -0.132. The number of hydrogen-bond donors (Lipinski definition) is 1. The van der Waals surface area contributed by atoms with E-state index in [1.807, 2.05) is 6.92 Å². The molecule has 1 aliphatic rings. The third-order valence-electron chi connectivity index (χ3n) is 6.00. The van der Waals surface area contributed by atoms with Crippen molar-refractivity contribution >= 4 is 39.9 Å². The Kier molecular flexibility index (Phi) is 7.30. The van der Waals surface area contributed by atoms with Crippen molar-refractivity contribution in [2.45, 2.75) is 26.8 Å². The molecular weight excluding hydrogens is 496 g/mol. The van der Waals surface area contributed by atoms with Gasteiger partial charge >= 0.3 is 11.9 Å². The Morgan fingerprint density at radius 1 is 1.08 bits per heavy atom. The van der Waals surface area contributed by atoms with Crippen molar-refractivity contribution in [3.63, 3.8) is 0 Å². The van der Waals surface area contributed by atoms with Crippen LogP contribution in [0.25, 0.3) is 5.76 Å². The van der Waals surface area contributed by atoms with Gasteiger partial charge in [0.2, 0.25) is 0 Å². The lowest BCUT2D eigenvalue weighted by Gasteiger charge is -2.23. The average Bonchev–Trinajstić information content (AvgIpc) is 3.40. The summed E-state index contributed by atoms with van der Waals surface area (Å²) in [7, 11) is 2.79. The molecule has 192 valence electrons. The van der Waals surface area contributed by atoms with E-state index < -0.39 is 23.7 Å². The topological polar surface area (TPSA) is 115 Å². The molecule has 1 aliphatic heterocycles. The smallest absolute Gasteiger partial charge is 0.350 e. The van der Waals surface area contributed by atoms with Gasteiger partial charge in [0, 0.05) is 5.56 Å². The highest BCUT2D eigenvalue weighted by Gasteiger charge is 2.48. The summed E-state index contributed by atoms with van der Waals surface area (Å²) in [6, 6.07) is 10.9. The Balaban J connectivity index is 1.92. The summed E-state index contributed by atoms with van der Waals surface area (Å²) in [6.07, 6.45) is 0. The first-order valence-electron chi connectivity index (χ1n) is 11.5. The van der Waals surface area contributed by atoms with Gasteiger partial charge < -0.3 is 19.3 Å². The standard InChI is InChI=1S/C27H26N2O7S/c1-6-36-17-9-7-16(8-10-17)21-20(22(30)19-12-11-18(34-4)13-14(19)2)23(31)25(32)29(21)27-28-15(3)24(37-27)26(33)35-5/h7-13,21,30H,6H2,1-5H3/b22-20+. The molecule has 9 nitrogen and oxygen atoms in total. The molecule has 1 fully saturated rings. The number of hydrogen-bond acceptors (Lipinski definition) is 9. The van der Waals surface area contributed by atoms with Crippen LogP contribution < -0.4 is 14.4 Å². The van der Waals surface area contributed by atoms with Gasteiger partial charge in [-0.3, -0.25) is 14.5 Å². The van der Waals surface area contributed by atoms with E-state index in [1.165, 1.54) is 19.1 Å². The molecule has 0 spiro atoms. The van der Waals surface area contributed by atoms with E-state index in [2.05, 4.69) is 4.98 Å². The largest absolute Gasteiger partial charge is 0.507 e. The molecule has 37 heavy (non-hydrogen) atoms. The van der Waals surface area contributed by atoms with E-state index in [4.69, 9.17) is 14.2 Å². The van der Waals surface area contributed by atoms with E-state index in [1.54, 1.807) is 56.3 Å². The van der Waals surface area contributed by atoms with Crippen LogP contribution in [0.15, 0.2) is 48.0 Å². The Labute approximate surface area is 217 Å². The molecule has 0 bridgehead atoms. The molecule has 4 rings (SSSR count). The van der Waals surface area contributed by atoms with Crippen LogP contribution in [0, 0.1) is 13.8 Å². The van der Waals surface area contributed by atoms with E-state index in [9.17, 15) is 19.5 Å². The van der Waals surface area contributed by atoms with Gasteiger partial charge in [0.1, 0.15) is 22.1 Å². The van der Waals surface area contributed by atoms with Crippen LogP contribution in [-0.2, 0) is 14.3 Å². The monoisotopic (exact) mass is 522 g/mol. The zero-order chi connectivity index (χ0) is 26.9. The highest BCUT2D eigenvalue weighted by Crippen LogP contribution is 2.44. The summed E-state index contributed by atoms with van der Waals surface area (Å²) in [6.45, 7) is 5.73. The molecule has 1 amide bonds. The number of aliphatic hydroxyl groups is 1. The van der Waals surface area contributed by atoms with Crippen molar-refractivity contribution < 1.29 is 33.7 Å². The molecule has 2 aromatic carbocycles. The van der Waals surface area contributed by atoms with Gasteiger partial charge in [0.15, 0.2) is 5.13 Å². The summed E-state index contributed by atoms with van der Waals surface area (Å²) in [5.74, 6) is -1.43. The third-order valence-corrected chi connectivity index (χ3v) is 7.14. The minimum Gasteiger partial charge on any atom is -0.507 e. The summed E-state index contributed by atoms with van der Waals surface area (Å²) in [5.41, 5.74) is 1.88. The average molecular weight is 523 g/mol. The van der Waals surface area contributed by atoms with Crippen LogP contribution >= 0.6 is 11.3 Å². The highest BCUT2D eigenvalue weighted by atomic mass is 32.1. The highest BCUT2D eigenvalue weighted by molar-refractivity contribution is 7.17. The lowest BCUT2D eigenvalue weighted by atomic mass is 9.94. The van der Waals surface area contributed by atoms with Crippen LogP contribution in [0.4, 0.5) is 5.13 Å². The second-order valence-electron chi connectivity index (χ2n) is 8.25. The first-order chi connectivity index (χ1) is 17.7. The number of nitrogens with zero attached hydrogens (tertiary/aromatic N) is 2. The molecule has 0 aliphatic carbocycles. The number of thiazole rings is 1. The number of carbonyl (C=O) groups is 3. The maximum Gasteiger partial charge on any atom is 0.350 e. The Morgan fingerprint density at radius 3 is 2.35 bits per heavy atom. The Morgan fingerprint density at radius 2 is 1.76 bits per heavy atom. The number of carbonyl (C=O) groups excluding carboxylic acids is 3. The molecule has 1 N–H and O–H groups in total. The van der Waals surface area contributed by atoms with Crippen LogP contribution in [-0.4, -0.2) is 48.6 Å². The molecule has 0 saturated carbocycles. The van der Waals surface area contributed by atoms with Gasteiger partial charge in [0.25, 0.3) is 5.78 Å². The minimum absolute atomic E-state index is 0.0881. The SMILES string of the molecule is CCOc1ccc(C2/C(=C(\O)c3ccc(OC)cc3C)C(=O)C(=O)N2c2nc(C)c(C(=O)OC)s2)cc1. The van der Waals surface area contributed by atoms with Crippen molar-refractivity contribution in [1.82, 2.24) is 4.98 Å². The molecule has 3 aromatic rings. The van der Waals surface area contributed by atoms with Crippen LogP contribution in [0.2, 0.25) is 0 Å². The fraction of sp³-hybridized carbons (Fsp3) is 0.259. The molecule has 1 saturated heterocycles. The number of methoxy groups -OCH3 is 2. The van der Waals surface area contributed by atoms with Gasteiger partial charge in [-0.2, -0.15) is 0 Å². The summed E-state index contributed by atoms with van der Waals surface area (Å²) < 4.78 is 15.6. The zero-order valence-electron chi connectivity index (χ0n) is 21.0. The zero-order valence-corrected chi connectivity index (χ0v) is 21.8. The van der Waals surface area contributed by atoms with Gasteiger partial charge in [-0.25, -0.2) is 9.78 Å². The summed E-state index contributed by atoms with van der Waals surface area (Å²) >= 11 is 0.944. The number of Topliss-reactive ketones (excluding diaryl/α,β-unsaturated/α-hetero) is 1. The van der Waals surface area contributed by atoms with Crippen molar-refractivity contribution in [2.75, 3.05) is 25.7 Å². The van der Waals surface area contributed by atoms with Gasteiger partial charge in [-0.15, -0.1) is 0 Å². The third kappa shape index (κ3) is 4.67. The number of benzene rings is 2. The number of aromatic nitrogens is 1. The Hall–Kier alpha value is -4.18. The van der Waals surface area contributed by atoms with Gasteiger partial charge in [-0.1, -0.05) is 23.5 Å². The van der Waals surface area contributed by atoms with E-state index in [-0.39, 0.29) is 21.3 Å². The number of amides is 1. The van der Waals surface area contributed by atoms with E-state index >= 15 is 0 Å². The van der Waals surface area contributed by atoms with Crippen molar-refractivity contribution in [3.8, 4) is 11.5 Å². The second-order valence-corrected chi connectivity index (χ2v) is 9.23. The molecule has 0 radical (unpaired) electrons. The normalized spacial score (nSPS) is 16.7. The number of rotatable bonds is 7. The fourth-order valence-electron chi connectivity index (χ4n) is 4.20. The van der Waals surface area contributed by atoms with Crippen molar-refractivity contribution in [3.05, 3.63) is 75.3 Å². The number of ether oxygens (including phenoxy) is 3. The molecule has 10 heteroatoms. The molecule has 2 heterocycles. The van der Waals surface area contributed by atoms with Crippen molar-refractivity contribution in [1.29, 1.82) is 0 Å². The maximum atomic E-state index is 13.4.